The summed E-state index contributed by atoms with van der Waals surface area (Å²) in [6.45, 7) is 7.83. The van der Waals surface area contributed by atoms with Gasteiger partial charge < -0.3 is 4.74 Å². The van der Waals surface area contributed by atoms with E-state index in [2.05, 4.69) is 19.2 Å². The predicted octanol–water partition coefficient (Wildman–Crippen LogP) is 5.71. The maximum absolute atomic E-state index is 12.0. The summed E-state index contributed by atoms with van der Waals surface area (Å²) in [5, 5.41) is -0.253. The van der Waals surface area contributed by atoms with E-state index in [1.165, 1.54) is 17.3 Å². The summed E-state index contributed by atoms with van der Waals surface area (Å²) in [4.78, 5) is 12.0. The van der Waals surface area contributed by atoms with E-state index in [9.17, 15) is 4.79 Å². The molecule has 0 aromatic heterocycles. The molecule has 2 aromatic carbocycles. The van der Waals surface area contributed by atoms with E-state index in [0.29, 0.717) is 12.4 Å². The quantitative estimate of drug-likeness (QED) is 0.455. The predicted molar refractivity (Wildman–Crippen MR) is 102 cm³/mol. The number of carbonyl (C=O) groups is 1. The molecule has 2 rings (SSSR count). The Morgan fingerprint density at radius 3 is 1.96 bits per heavy atom. The maximum atomic E-state index is 12.0. The van der Waals surface area contributed by atoms with E-state index in [1.807, 2.05) is 54.6 Å². The van der Waals surface area contributed by atoms with E-state index in [0.717, 1.165) is 29.5 Å². The smallest absolute Gasteiger partial charge is 0.367 e. The highest BCUT2D eigenvalue weighted by Gasteiger charge is 2.09. The molecule has 0 saturated heterocycles. The second kappa shape index (κ2) is 9.78. The number of thioether (sulfide) groups is 1. The minimum atomic E-state index is -0.253. The second-order valence-electron chi connectivity index (χ2n) is 5.35. The summed E-state index contributed by atoms with van der Waals surface area (Å²) < 4.78 is 5.41. The Morgan fingerprint density at radius 1 is 0.875 bits per heavy atom. The Bertz CT molecular complexity index is 647. The molecule has 0 unspecified atom stereocenters. The fourth-order valence-electron chi connectivity index (χ4n) is 2.42. The van der Waals surface area contributed by atoms with Gasteiger partial charge in [0.2, 0.25) is 0 Å². The fraction of sp³-hybridized carbons (Fsp3) is 0.190. The van der Waals surface area contributed by atoms with Gasteiger partial charge in [-0.2, -0.15) is 0 Å². The largest absolute Gasteiger partial charge is 0.453 e. The molecule has 0 spiro atoms. The van der Waals surface area contributed by atoms with E-state index < -0.39 is 0 Å². The van der Waals surface area contributed by atoms with Crippen LogP contribution >= 0.6 is 11.8 Å². The zero-order chi connectivity index (χ0) is 17.2. The van der Waals surface area contributed by atoms with Crippen LogP contribution in [-0.2, 0) is 29.9 Å². The van der Waals surface area contributed by atoms with Crippen LogP contribution in [0.4, 0.5) is 4.79 Å². The fourth-order valence-corrected chi connectivity index (χ4v) is 3.12. The lowest BCUT2D eigenvalue weighted by Gasteiger charge is -2.10. The number of carbonyl (C=O) groups excluding carboxylic acids is 1. The van der Waals surface area contributed by atoms with Crippen LogP contribution in [-0.4, -0.2) is 5.30 Å². The zero-order valence-electron chi connectivity index (χ0n) is 13.7. The summed E-state index contributed by atoms with van der Waals surface area (Å²) in [6.07, 6.45) is 5.31. The van der Waals surface area contributed by atoms with Crippen LogP contribution in [0, 0.1) is 0 Å². The number of allylic oxidation sites excluding steroid dienone is 2. The van der Waals surface area contributed by atoms with Crippen molar-refractivity contribution >= 4 is 17.1 Å². The van der Waals surface area contributed by atoms with Crippen molar-refractivity contribution in [2.24, 2.45) is 0 Å². The molecule has 0 aliphatic carbocycles. The highest BCUT2D eigenvalue weighted by atomic mass is 32.2. The first kappa shape index (κ1) is 18.1. The van der Waals surface area contributed by atoms with Crippen LogP contribution in [0.2, 0.25) is 0 Å². The minimum absolute atomic E-state index is 0.253. The molecule has 2 aromatic rings. The molecule has 124 valence electrons. The standard InChI is InChI=1S/C21H22O2S/c1-3-9-17-11-5-7-13-19(17)15-23-21(22)24-16-20-14-8-6-12-18(20)10-4-2/h3-8,11-14H,1-2,9-10,15-16H2. The molecule has 3 heteroatoms. The molecule has 0 amide bonds. The molecule has 0 aliphatic rings. The highest BCUT2D eigenvalue weighted by Crippen LogP contribution is 2.20. The first-order chi connectivity index (χ1) is 11.7. The lowest BCUT2D eigenvalue weighted by molar-refractivity contribution is 0.168. The Hall–Kier alpha value is -2.26. The highest BCUT2D eigenvalue weighted by molar-refractivity contribution is 8.12. The number of hydrogen-bond donors (Lipinski definition) is 0. The van der Waals surface area contributed by atoms with Gasteiger partial charge in [-0.15, -0.1) is 13.2 Å². The Kier molecular flexibility index (Phi) is 7.37. The lowest BCUT2D eigenvalue weighted by atomic mass is 10.1. The maximum Gasteiger partial charge on any atom is 0.367 e. The molecule has 0 bridgehead atoms. The van der Waals surface area contributed by atoms with E-state index in [1.54, 1.807) is 0 Å². The third-order valence-electron chi connectivity index (χ3n) is 3.66. The number of rotatable bonds is 8. The monoisotopic (exact) mass is 338 g/mol. The van der Waals surface area contributed by atoms with Gasteiger partial charge >= 0.3 is 5.30 Å². The molecule has 0 radical (unpaired) electrons. The van der Waals surface area contributed by atoms with Crippen molar-refractivity contribution in [3.05, 3.63) is 96.1 Å². The van der Waals surface area contributed by atoms with Gasteiger partial charge in [-0.1, -0.05) is 60.7 Å². The van der Waals surface area contributed by atoms with Gasteiger partial charge in [0, 0.05) is 5.75 Å². The molecular formula is C21H22O2S. The summed E-state index contributed by atoms with van der Waals surface area (Å²) in [7, 11) is 0. The Morgan fingerprint density at radius 2 is 1.38 bits per heavy atom. The summed E-state index contributed by atoms with van der Waals surface area (Å²) in [5.41, 5.74) is 4.51. The molecule has 2 nitrogen and oxygen atoms in total. The normalized spacial score (nSPS) is 10.2. The molecule has 0 saturated carbocycles. The van der Waals surface area contributed by atoms with Crippen molar-refractivity contribution in [1.29, 1.82) is 0 Å². The van der Waals surface area contributed by atoms with Gasteiger partial charge in [0.25, 0.3) is 0 Å². The van der Waals surface area contributed by atoms with Gasteiger partial charge in [-0.25, -0.2) is 4.79 Å². The number of benzene rings is 2. The lowest BCUT2D eigenvalue weighted by Crippen LogP contribution is -2.02. The van der Waals surface area contributed by atoms with Gasteiger partial charge in [0.05, 0.1) is 0 Å². The van der Waals surface area contributed by atoms with Crippen molar-refractivity contribution in [3.63, 3.8) is 0 Å². The van der Waals surface area contributed by atoms with Crippen LogP contribution in [0.25, 0.3) is 0 Å². The van der Waals surface area contributed by atoms with Crippen LogP contribution in [0.1, 0.15) is 22.3 Å². The minimum Gasteiger partial charge on any atom is -0.453 e. The molecule has 0 atom stereocenters. The van der Waals surface area contributed by atoms with E-state index >= 15 is 0 Å². The van der Waals surface area contributed by atoms with Crippen molar-refractivity contribution in [2.45, 2.75) is 25.2 Å². The van der Waals surface area contributed by atoms with Crippen molar-refractivity contribution < 1.29 is 9.53 Å². The molecule has 24 heavy (non-hydrogen) atoms. The third kappa shape index (κ3) is 5.43. The number of hydrogen-bond acceptors (Lipinski definition) is 3. The zero-order valence-corrected chi connectivity index (χ0v) is 14.6. The van der Waals surface area contributed by atoms with Crippen LogP contribution in [0.3, 0.4) is 0 Å². The topological polar surface area (TPSA) is 26.3 Å². The van der Waals surface area contributed by atoms with Crippen molar-refractivity contribution in [1.82, 2.24) is 0 Å². The van der Waals surface area contributed by atoms with Crippen LogP contribution in [0.5, 0.6) is 0 Å². The average Bonchev–Trinajstić information content (AvgIpc) is 2.61. The molecular weight excluding hydrogens is 316 g/mol. The van der Waals surface area contributed by atoms with Gasteiger partial charge in [0.15, 0.2) is 0 Å². The second-order valence-corrected chi connectivity index (χ2v) is 6.26. The van der Waals surface area contributed by atoms with Crippen molar-refractivity contribution in [3.8, 4) is 0 Å². The summed E-state index contributed by atoms with van der Waals surface area (Å²) in [5.74, 6) is 0.608. The van der Waals surface area contributed by atoms with Gasteiger partial charge in [-0.3, -0.25) is 0 Å². The van der Waals surface area contributed by atoms with Gasteiger partial charge in [0.1, 0.15) is 6.61 Å². The van der Waals surface area contributed by atoms with Gasteiger partial charge in [-0.05, 0) is 46.9 Å². The van der Waals surface area contributed by atoms with E-state index in [4.69, 9.17) is 4.74 Å². The first-order valence-electron chi connectivity index (χ1n) is 7.89. The molecule has 0 heterocycles. The molecule has 0 aliphatic heterocycles. The molecule has 0 N–H and O–H groups in total. The van der Waals surface area contributed by atoms with Crippen LogP contribution < -0.4 is 0 Å². The SMILES string of the molecule is C=CCc1ccccc1COC(=O)SCc1ccccc1CC=C. The van der Waals surface area contributed by atoms with E-state index in [-0.39, 0.29) is 5.30 Å². The first-order valence-corrected chi connectivity index (χ1v) is 8.88. The third-order valence-corrected chi connectivity index (χ3v) is 4.47. The molecule has 0 fully saturated rings. The summed E-state index contributed by atoms with van der Waals surface area (Å²) >= 11 is 1.19. The summed E-state index contributed by atoms with van der Waals surface area (Å²) in [6, 6.07) is 16.0. The average molecular weight is 338 g/mol. The Labute approximate surface area is 148 Å². The Balaban J connectivity index is 1.88. The number of ether oxygens (including phenoxy) is 1. The van der Waals surface area contributed by atoms with Crippen LogP contribution in [0.15, 0.2) is 73.8 Å². The van der Waals surface area contributed by atoms with Crippen molar-refractivity contribution in [2.75, 3.05) is 0 Å².